The van der Waals surface area contributed by atoms with Crippen molar-refractivity contribution in [1.29, 1.82) is 0 Å². The summed E-state index contributed by atoms with van der Waals surface area (Å²) < 4.78 is 0. The molecule has 0 spiro atoms. The number of amides is 2. The van der Waals surface area contributed by atoms with Gasteiger partial charge < -0.3 is 10.6 Å². The van der Waals surface area contributed by atoms with Crippen LogP contribution in [-0.2, 0) is 16.0 Å². The number of piperidine rings is 1. The second-order valence-corrected chi connectivity index (χ2v) is 5.64. The summed E-state index contributed by atoms with van der Waals surface area (Å²) in [6.07, 6.45) is 6.91. The van der Waals surface area contributed by atoms with Crippen LogP contribution in [0.5, 0.6) is 0 Å². The van der Waals surface area contributed by atoms with Gasteiger partial charge in [-0.15, -0.1) is 11.8 Å². The van der Waals surface area contributed by atoms with E-state index in [2.05, 4.69) is 9.97 Å². The Morgan fingerprint density at radius 2 is 2.35 bits per heavy atom. The van der Waals surface area contributed by atoms with Crippen molar-refractivity contribution in [1.82, 2.24) is 14.9 Å². The third-order valence-electron chi connectivity index (χ3n) is 3.47. The van der Waals surface area contributed by atoms with Crippen molar-refractivity contribution in [3.8, 4) is 0 Å². The van der Waals surface area contributed by atoms with Crippen molar-refractivity contribution in [2.24, 2.45) is 11.7 Å². The minimum Gasteiger partial charge on any atom is -0.369 e. The molecule has 20 heavy (non-hydrogen) atoms. The van der Waals surface area contributed by atoms with Crippen LogP contribution >= 0.6 is 11.8 Å². The summed E-state index contributed by atoms with van der Waals surface area (Å²) in [5, 5.41) is 0. The summed E-state index contributed by atoms with van der Waals surface area (Å²) in [5.41, 5.74) is 6.06. The molecule has 108 valence electrons. The molecule has 1 aromatic heterocycles. The topological polar surface area (TPSA) is 89.2 Å². The number of primary amides is 1. The van der Waals surface area contributed by atoms with Gasteiger partial charge in [0.1, 0.15) is 6.33 Å². The highest BCUT2D eigenvalue weighted by Crippen LogP contribution is 2.20. The lowest BCUT2D eigenvalue weighted by Gasteiger charge is -2.31. The number of carbonyl (C=O) groups excluding carboxylic acids is 2. The number of carbonyl (C=O) groups is 2. The summed E-state index contributed by atoms with van der Waals surface area (Å²) in [6, 6.07) is 0. The van der Waals surface area contributed by atoms with Gasteiger partial charge in [0.15, 0.2) is 0 Å². The van der Waals surface area contributed by atoms with E-state index in [-0.39, 0.29) is 24.2 Å². The van der Waals surface area contributed by atoms with E-state index >= 15 is 0 Å². The quantitative estimate of drug-likeness (QED) is 0.815. The molecular weight excluding hydrogens is 276 g/mol. The largest absolute Gasteiger partial charge is 0.369 e. The zero-order valence-electron chi connectivity index (χ0n) is 11.4. The highest BCUT2D eigenvalue weighted by molar-refractivity contribution is 7.98. The van der Waals surface area contributed by atoms with Gasteiger partial charge in [-0.25, -0.2) is 9.97 Å². The minimum absolute atomic E-state index is 0.00931. The Labute approximate surface area is 122 Å². The van der Waals surface area contributed by atoms with E-state index in [1.807, 2.05) is 6.26 Å². The Hall–Kier alpha value is -1.63. The molecule has 0 unspecified atom stereocenters. The normalized spacial score (nSPS) is 18.9. The first-order valence-corrected chi connectivity index (χ1v) is 7.74. The zero-order valence-corrected chi connectivity index (χ0v) is 12.2. The highest BCUT2D eigenvalue weighted by atomic mass is 32.2. The van der Waals surface area contributed by atoms with Crippen LogP contribution in [0.1, 0.15) is 18.5 Å². The smallest absolute Gasteiger partial charge is 0.228 e. The van der Waals surface area contributed by atoms with Crippen LogP contribution < -0.4 is 5.73 Å². The van der Waals surface area contributed by atoms with Crippen molar-refractivity contribution < 1.29 is 9.59 Å². The predicted octanol–water partition coefficient (Wildman–Crippen LogP) is 0.465. The first-order valence-electron chi connectivity index (χ1n) is 6.51. The number of rotatable bonds is 4. The minimum atomic E-state index is -0.325. The van der Waals surface area contributed by atoms with Gasteiger partial charge in [0.2, 0.25) is 11.8 Å². The Bertz CT molecular complexity index is 509. The van der Waals surface area contributed by atoms with Crippen LogP contribution in [0.25, 0.3) is 0 Å². The van der Waals surface area contributed by atoms with Gasteiger partial charge in [0, 0.05) is 24.2 Å². The van der Waals surface area contributed by atoms with Crippen LogP contribution in [0.15, 0.2) is 17.4 Å². The molecule has 1 saturated heterocycles. The van der Waals surface area contributed by atoms with Gasteiger partial charge in [-0.05, 0) is 19.1 Å². The van der Waals surface area contributed by atoms with Crippen LogP contribution in [-0.4, -0.2) is 46.0 Å². The van der Waals surface area contributed by atoms with Gasteiger partial charge in [-0.2, -0.15) is 0 Å². The number of nitrogens with zero attached hydrogens (tertiary/aromatic N) is 3. The van der Waals surface area contributed by atoms with E-state index in [1.54, 1.807) is 11.1 Å². The molecule has 0 radical (unpaired) electrons. The van der Waals surface area contributed by atoms with Crippen LogP contribution in [0.4, 0.5) is 0 Å². The molecule has 2 rings (SSSR count). The van der Waals surface area contributed by atoms with E-state index in [4.69, 9.17) is 5.73 Å². The van der Waals surface area contributed by atoms with Crippen molar-refractivity contribution in [3.63, 3.8) is 0 Å². The van der Waals surface area contributed by atoms with Gasteiger partial charge in [-0.1, -0.05) is 0 Å². The van der Waals surface area contributed by atoms with Crippen LogP contribution in [0.2, 0.25) is 0 Å². The molecule has 1 aromatic rings. The monoisotopic (exact) mass is 294 g/mol. The molecule has 2 amide bonds. The third kappa shape index (κ3) is 3.47. The average molecular weight is 294 g/mol. The van der Waals surface area contributed by atoms with E-state index in [9.17, 15) is 9.59 Å². The molecule has 0 aromatic carbocycles. The lowest BCUT2D eigenvalue weighted by atomic mass is 9.97. The van der Waals surface area contributed by atoms with Gasteiger partial charge in [-0.3, -0.25) is 9.59 Å². The summed E-state index contributed by atoms with van der Waals surface area (Å²) in [7, 11) is 0. The fourth-order valence-electron chi connectivity index (χ4n) is 2.34. The van der Waals surface area contributed by atoms with E-state index in [1.165, 1.54) is 18.1 Å². The SMILES string of the molecule is CSc1cncnc1CC(=O)N1CCC[C@H](C(N)=O)C1. The van der Waals surface area contributed by atoms with Crippen LogP contribution in [0.3, 0.4) is 0 Å². The molecular formula is C13H18N4O2S. The van der Waals surface area contributed by atoms with Crippen molar-refractivity contribution in [2.45, 2.75) is 24.2 Å². The van der Waals surface area contributed by atoms with E-state index < -0.39 is 0 Å². The molecule has 1 aliphatic rings. The first-order chi connectivity index (χ1) is 9.61. The summed E-state index contributed by atoms with van der Waals surface area (Å²) in [4.78, 5) is 34.3. The van der Waals surface area contributed by atoms with Gasteiger partial charge >= 0.3 is 0 Å². The number of hydrogen-bond donors (Lipinski definition) is 1. The molecule has 1 fully saturated rings. The standard InChI is InChI=1S/C13H18N4O2S/c1-20-11-6-15-8-16-10(11)5-12(18)17-4-2-3-9(7-17)13(14)19/h6,8-9H,2-5,7H2,1H3,(H2,14,19)/t9-/m0/s1. The summed E-state index contributed by atoms with van der Waals surface area (Å²) in [6.45, 7) is 1.11. The second kappa shape index (κ2) is 6.69. The first kappa shape index (κ1) is 14.8. The zero-order chi connectivity index (χ0) is 14.5. The molecule has 0 aliphatic carbocycles. The fraction of sp³-hybridized carbons (Fsp3) is 0.538. The molecule has 2 heterocycles. The Kier molecular flexibility index (Phi) is 4.94. The Morgan fingerprint density at radius 3 is 3.05 bits per heavy atom. The highest BCUT2D eigenvalue weighted by Gasteiger charge is 2.27. The summed E-state index contributed by atoms with van der Waals surface area (Å²) >= 11 is 1.52. The maximum atomic E-state index is 12.3. The molecule has 6 nitrogen and oxygen atoms in total. The lowest BCUT2D eigenvalue weighted by Crippen LogP contribution is -2.44. The second-order valence-electron chi connectivity index (χ2n) is 4.80. The molecule has 7 heteroatoms. The number of thioether (sulfide) groups is 1. The molecule has 0 saturated carbocycles. The third-order valence-corrected chi connectivity index (χ3v) is 4.25. The molecule has 1 atom stereocenters. The van der Waals surface area contributed by atoms with Gasteiger partial charge in [0.25, 0.3) is 0 Å². The van der Waals surface area contributed by atoms with Crippen molar-refractivity contribution in [2.75, 3.05) is 19.3 Å². The predicted molar refractivity (Wildman–Crippen MR) is 76.0 cm³/mol. The fourth-order valence-corrected chi connectivity index (χ4v) is 2.86. The van der Waals surface area contributed by atoms with E-state index in [0.29, 0.717) is 13.1 Å². The number of nitrogens with two attached hydrogens (primary N) is 1. The Morgan fingerprint density at radius 1 is 1.55 bits per heavy atom. The van der Waals surface area contributed by atoms with Gasteiger partial charge in [0.05, 0.1) is 18.0 Å². The Balaban J connectivity index is 2.02. The maximum absolute atomic E-state index is 12.3. The number of hydrogen-bond acceptors (Lipinski definition) is 5. The number of aromatic nitrogens is 2. The van der Waals surface area contributed by atoms with Crippen molar-refractivity contribution >= 4 is 23.6 Å². The number of likely N-dealkylation sites (tertiary alicyclic amines) is 1. The van der Waals surface area contributed by atoms with Crippen molar-refractivity contribution in [3.05, 3.63) is 18.2 Å². The lowest BCUT2D eigenvalue weighted by molar-refractivity contribution is -0.134. The van der Waals surface area contributed by atoms with E-state index in [0.717, 1.165) is 23.4 Å². The maximum Gasteiger partial charge on any atom is 0.228 e. The molecule has 1 aliphatic heterocycles. The molecule has 0 bridgehead atoms. The molecule has 2 N–H and O–H groups in total. The average Bonchev–Trinajstić information content (AvgIpc) is 2.48. The summed E-state index contributed by atoms with van der Waals surface area (Å²) in [5.74, 6) is -0.558. The van der Waals surface area contributed by atoms with Crippen LogP contribution in [0, 0.1) is 5.92 Å².